The van der Waals surface area contributed by atoms with Crippen LogP contribution in [-0.2, 0) is 4.74 Å². The lowest BCUT2D eigenvalue weighted by molar-refractivity contribution is -0.0657. The molecule has 0 aromatic heterocycles. The first-order valence-electron chi connectivity index (χ1n) is 6.29. The van der Waals surface area contributed by atoms with E-state index >= 15 is 0 Å². The third kappa shape index (κ3) is 2.96. The molecule has 0 radical (unpaired) electrons. The molecule has 0 heterocycles. The molecule has 16 heavy (non-hydrogen) atoms. The number of hydrogen-bond acceptors (Lipinski definition) is 3. The van der Waals surface area contributed by atoms with Crippen molar-refractivity contribution in [1.82, 2.24) is 4.90 Å². The van der Waals surface area contributed by atoms with Crippen molar-refractivity contribution < 1.29 is 9.84 Å². The van der Waals surface area contributed by atoms with Crippen LogP contribution in [0.2, 0.25) is 0 Å². The maximum atomic E-state index is 10.4. The normalized spacial score (nSPS) is 31.7. The van der Waals surface area contributed by atoms with Gasteiger partial charge in [0, 0.05) is 19.2 Å². The highest BCUT2D eigenvalue weighted by atomic mass is 16.5. The van der Waals surface area contributed by atoms with Crippen molar-refractivity contribution >= 4 is 0 Å². The van der Waals surface area contributed by atoms with E-state index in [-0.39, 0.29) is 17.6 Å². The maximum Gasteiger partial charge on any atom is 0.0746 e. The van der Waals surface area contributed by atoms with Crippen LogP contribution in [-0.4, -0.2) is 49.0 Å². The van der Waals surface area contributed by atoms with Gasteiger partial charge in [-0.25, -0.2) is 0 Å². The van der Waals surface area contributed by atoms with Gasteiger partial charge >= 0.3 is 0 Å². The van der Waals surface area contributed by atoms with Gasteiger partial charge in [-0.3, -0.25) is 4.90 Å². The van der Waals surface area contributed by atoms with E-state index in [0.717, 1.165) is 19.4 Å². The quantitative estimate of drug-likeness (QED) is 0.799. The smallest absolute Gasteiger partial charge is 0.0746 e. The van der Waals surface area contributed by atoms with Crippen LogP contribution < -0.4 is 0 Å². The van der Waals surface area contributed by atoms with Crippen molar-refractivity contribution in [2.45, 2.75) is 58.2 Å². The monoisotopic (exact) mass is 229 g/mol. The predicted molar refractivity (Wildman–Crippen MR) is 66.5 cm³/mol. The van der Waals surface area contributed by atoms with E-state index in [9.17, 15) is 5.11 Å². The lowest BCUT2D eigenvalue weighted by Crippen LogP contribution is -2.54. The average molecular weight is 229 g/mol. The Morgan fingerprint density at radius 1 is 1.50 bits per heavy atom. The van der Waals surface area contributed by atoms with Gasteiger partial charge in [0.05, 0.1) is 12.7 Å². The van der Waals surface area contributed by atoms with Crippen molar-refractivity contribution in [2.24, 2.45) is 5.41 Å². The largest absolute Gasteiger partial charge is 0.391 e. The number of rotatable bonds is 4. The van der Waals surface area contributed by atoms with E-state index in [1.54, 1.807) is 7.11 Å². The third-order valence-electron chi connectivity index (χ3n) is 4.11. The molecule has 0 spiro atoms. The van der Waals surface area contributed by atoms with Crippen LogP contribution in [0.25, 0.3) is 0 Å². The first kappa shape index (κ1) is 13.9. The molecule has 0 saturated heterocycles. The molecule has 3 atom stereocenters. The number of likely N-dealkylation sites (N-methyl/N-ethyl adjacent to an activating group) is 1. The van der Waals surface area contributed by atoms with Crippen LogP contribution >= 0.6 is 0 Å². The summed E-state index contributed by atoms with van der Waals surface area (Å²) >= 11 is 0. The van der Waals surface area contributed by atoms with Gasteiger partial charge in [-0.15, -0.1) is 0 Å². The van der Waals surface area contributed by atoms with Crippen LogP contribution in [0.5, 0.6) is 0 Å². The Balaban J connectivity index is 2.64. The average Bonchev–Trinajstić information content (AvgIpc) is 2.21. The number of nitrogens with zero attached hydrogens (tertiary/aromatic N) is 1. The molecule has 1 rings (SSSR count). The first-order valence-corrected chi connectivity index (χ1v) is 6.29. The molecule has 3 heteroatoms. The van der Waals surface area contributed by atoms with Gasteiger partial charge < -0.3 is 9.84 Å². The van der Waals surface area contributed by atoms with Gasteiger partial charge in [-0.1, -0.05) is 20.3 Å². The number of aliphatic hydroxyl groups is 1. The fourth-order valence-electron chi connectivity index (χ4n) is 2.71. The van der Waals surface area contributed by atoms with Gasteiger partial charge in [0.15, 0.2) is 0 Å². The zero-order valence-electron chi connectivity index (χ0n) is 11.4. The molecular formula is C13H27NO2. The summed E-state index contributed by atoms with van der Waals surface area (Å²) in [6.45, 7) is 7.20. The SMILES string of the molecule is COCC(C)N(C)C1CCCC(C)(C)C1O. The molecule has 96 valence electrons. The Morgan fingerprint density at radius 3 is 2.69 bits per heavy atom. The summed E-state index contributed by atoms with van der Waals surface area (Å²) in [6.07, 6.45) is 3.19. The van der Waals surface area contributed by atoms with Gasteiger partial charge in [-0.2, -0.15) is 0 Å². The van der Waals surface area contributed by atoms with Crippen molar-refractivity contribution in [3.05, 3.63) is 0 Å². The summed E-state index contributed by atoms with van der Waals surface area (Å²) in [4.78, 5) is 2.27. The molecule has 3 nitrogen and oxygen atoms in total. The molecule has 0 aromatic carbocycles. The summed E-state index contributed by atoms with van der Waals surface area (Å²) < 4.78 is 5.18. The molecular weight excluding hydrogens is 202 g/mol. The highest BCUT2D eigenvalue weighted by molar-refractivity contribution is 4.93. The fraction of sp³-hybridized carbons (Fsp3) is 1.00. The summed E-state index contributed by atoms with van der Waals surface area (Å²) in [5.74, 6) is 0. The van der Waals surface area contributed by atoms with E-state index in [1.165, 1.54) is 6.42 Å². The molecule has 3 unspecified atom stereocenters. The standard InChI is InChI=1S/C13H27NO2/c1-10(9-16-5)14(4)11-7-6-8-13(2,3)12(11)15/h10-12,15H,6-9H2,1-5H3. The molecule has 1 saturated carbocycles. The summed E-state index contributed by atoms with van der Waals surface area (Å²) in [5.41, 5.74) is 0.0456. The van der Waals surface area contributed by atoms with Gasteiger partial charge in [-0.05, 0) is 32.2 Å². The van der Waals surface area contributed by atoms with Crippen molar-refractivity contribution in [2.75, 3.05) is 20.8 Å². The second-order valence-electron chi connectivity index (χ2n) is 5.86. The van der Waals surface area contributed by atoms with E-state index in [1.807, 2.05) is 0 Å². The maximum absolute atomic E-state index is 10.4. The fourth-order valence-corrected chi connectivity index (χ4v) is 2.71. The predicted octanol–water partition coefficient (Wildman–Crippen LogP) is 1.89. The Hall–Kier alpha value is -0.120. The van der Waals surface area contributed by atoms with Gasteiger partial charge in [0.2, 0.25) is 0 Å². The number of methoxy groups -OCH3 is 1. The minimum Gasteiger partial charge on any atom is -0.391 e. The summed E-state index contributed by atoms with van der Waals surface area (Å²) in [5, 5.41) is 10.4. The molecule has 0 bridgehead atoms. The Morgan fingerprint density at radius 2 is 2.12 bits per heavy atom. The van der Waals surface area contributed by atoms with Crippen LogP contribution in [0.4, 0.5) is 0 Å². The van der Waals surface area contributed by atoms with E-state index in [4.69, 9.17) is 4.74 Å². The number of hydrogen-bond donors (Lipinski definition) is 1. The number of aliphatic hydroxyl groups excluding tert-OH is 1. The van der Waals surface area contributed by atoms with Crippen molar-refractivity contribution in [3.63, 3.8) is 0 Å². The first-order chi connectivity index (χ1) is 7.40. The van der Waals surface area contributed by atoms with Gasteiger partial charge in [0.25, 0.3) is 0 Å². The van der Waals surface area contributed by atoms with Crippen molar-refractivity contribution in [3.8, 4) is 0 Å². The van der Waals surface area contributed by atoms with Crippen LogP contribution in [0.1, 0.15) is 40.0 Å². The molecule has 0 aliphatic heterocycles. The third-order valence-corrected chi connectivity index (χ3v) is 4.11. The summed E-state index contributed by atoms with van der Waals surface area (Å²) in [6, 6.07) is 0.632. The zero-order chi connectivity index (χ0) is 12.3. The second-order valence-corrected chi connectivity index (χ2v) is 5.86. The zero-order valence-corrected chi connectivity index (χ0v) is 11.4. The van der Waals surface area contributed by atoms with Crippen LogP contribution in [0, 0.1) is 5.41 Å². The topological polar surface area (TPSA) is 32.7 Å². The minimum atomic E-state index is -0.231. The number of ether oxygens (including phenoxy) is 1. The minimum absolute atomic E-state index is 0.0456. The van der Waals surface area contributed by atoms with Crippen LogP contribution in [0.15, 0.2) is 0 Å². The molecule has 0 amide bonds. The molecule has 1 N–H and O–H groups in total. The van der Waals surface area contributed by atoms with Crippen molar-refractivity contribution in [1.29, 1.82) is 0 Å². The van der Waals surface area contributed by atoms with Gasteiger partial charge in [0.1, 0.15) is 0 Å². The van der Waals surface area contributed by atoms with E-state index < -0.39 is 0 Å². The highest BCUT2D eigenvalue weighted by Crippen LogP contribution is 2.37. The lowest BCUT2D eigenvalue weighted by Gasteiger charge is -2.46. The van der Waals surface area contributed by atoms with E-state index in [2.05, 4.69) is 32.7 Å². The van der Waals surface area contributed by atoms with Crippen LogP contribution in [0.3, 0.4) is 0 Å². The Kier molecular flexibility index (Phi) is 4.77. The Bertz CT molecular complexity index is 218. The molecule has 1 fully saturated rings. The second kappa shape index (κ2) is 5.48. The summed E-state index contributed by atoms with van der Waals surface area (Å²) in [7, 11) is 3.82. The highest BCUT2D eigenvalue weighted by Gasteiger charge is 2.40. The molecule has 1 aliphatic carbocycles. The lowest BCUT2D eigenvalue weighted by atomic mass is 9.72. The molecule has 1 aliphatic rings. The molecule has 0 aromatic rings. The Labute approximate surface area is 99.8 Å². The van der Waals surface area contributed by atoms with E-state index in [0.29, 0.717) is 6.04 Å².